The molecule has 0 aromatic heterocycles. The molecule has 0 heteroatoms. The van der Waals surface area contributed by atoms with Crippen molar-refractivity contribution < 1.29 is 0 Å². The number of fused-ring (bicyclic) bond motifs is 5. The van der Waals surface area contributed by atoms with Crippen LogP contribution in [-0.4, -0.2) is 0 Å². The molecule has 0 saturated heterocycles. The Morgan fingerprint density at radius 1 is 0.909 bits per heavy atom. The molecule has 110 valence electrons. The third-order valence-corrected chi connectivity index (χ3v) is 6.31. The van der Waals surface area contributed by atoms with Gasteiger partial charge in [0.1, 0.15) is 0 Å². The van der Waals surface area contributed by atoms with Crippen LogP contribution >= 0.6 is 0 Å². The van der Waals surface area contributed by atoms with E-state index in [9.17, 15) is 0 Å². The number of hydrogen-bond acceptors (Lipinski definition) is 0. The molecule has 0 N–H and O–H groups in total. The minimum Gasteiger partial charge on any atom is -0.0851 e. The third-order valence-electron chi connectivity index (χ3n) is 6.31. The molecule has 0 nitrogen and oxygen atoms in total. The first-order chi connectivity index (χ1) is 10.9. The van der Waals surface area contributed by atoms with Crippen LogP contribution in [0.15, 0.2) is 60.7 Å². The Balaban J connectivity index is 1.76. The van der Waals surface area contributed by atoms with E-state index < -0.39 is 0 Å². The molecule has 3 unspecified atom stereocenters. The fraction of sp³-hybridized carbons (Fsp3) is 0.364. The molecule has 0 aliphatic heterocycles. The van der Waals surface area contributed by atoms with E-state index in [1.807, 2.05) is 0 Å². The van der Waals surface area contributed by atoms with Gasteiger partial charge in [0, 0.05) is 5.41 Å². The predicted octanol–water partition coefficient (Wildman–Crippen LogP) is 5.52. The number of aryl methyl sites for hydroxylation is 1. The van der Waals surface area contributed by atoms with Crippen molar-refractivity contribution in [3.8, 4) is 11.1 Å². The molecule has 2 aromatic rings. The van der Waals surface area contributed by atoms with Crippen molar-refractivity contribution in [1.82, 2.24) is 0 Å². The highest BCUT2D eigenvalue weighted by Crippen LogP contribution is 2.59. The fourth-order valence-electron chi connectivity index (χ4n) is 5.50. The van der Waals surface area contributed by atoms with E-state index in [2.05, 4.69) is 60.7 Å². The van der Waals surface area contributed by atoms with Crippen LogP contribution in [0.2, 0.25) is 0 Å². The number of benzene rings is 2. The van der Waals surface area contributed by atoms with Gasteiger partial charge in [-0.1, -0.05) is 60.7 Å². The van der Waals surface area contributed by atoms with Gasteiger partial charge in [0.15, 0.2) is 0 Å². The van der Waals surface area contributed by atoms with E-state index in [-0.39, 0.29) is 0 Å². The van der Waals surface area contributed by atoms with Gasteiger partial charge in [0.05, 0.1) is 0 Å². The van der Waals surface area contributed by atoms with Crippen molar-refractivity contribution >= 4 is 0 Å². The van der Waals surface area contributed by atoms with E-state index in [0.29, 0.717) is 5.41 Å². The first-order valence-electron chi connectivity index (χ1n) is 8.73. The molecule has 0 heterocycles. The van der Waals surface area contributed by atoms with Gasteiger partial charge in [-0.2, -0.15) is 0 Å². The van der Waals surface area contributed by atoms with Crippen LogP contribution in [-0.2, 0) is 11.8 Å². The maximum absolute atomic E-state index is 2.53. The lowest BCUT2D eigenvalue weighted by molar-refractivity contribution is 0.304. The van der Waals surface area contributed by atoms with E-state index in [0.717, 1.165) is 11.8 Å². The second-order valence-electron chi connectivity index (χ2n) is 7.41. The average molecular weight is 286 g/mol. The van der Waals surface area contributed by atoms with Crippen LogP contribution in [0.3, 0.4) is 0 Å². The summed E-state index contributed by atoms with van der Waals surface area (Å²) in [5, 5.41) is 0. The van der Waals surface area contributed by atoms with Gasteiger partial charge in [-0.3, -0.25) is 0 Å². The molecule has 1 fully saturated rings. The SMILES string of the molecule is C1=CC2CC1CC21CCCc2cccc(-c3ccccc3)c21. The Kier molecular flexibility index (Phi) is 2.65. The summed E-state index contributed by atoms with van der Waals surface area (Å²) in [7, 11) is 0. The summed E-state index contributed by atoms with van der Waals surface area (Å²) in [6.45, 7) is 0. The first-order valence-corrected chi connectivity index (χ1v) is 8.73. The average Bonchev–Trinajstić information content (AvgIpc) is 3.17. The van der Waals surface area contributed by atoms with Gasteiger partial charge >= 0.3 is 0 Å². The highest BCUT2D eigenvalue weighted by molar-refractivity contribution is 5.71. The first kappa shape index (κ1) is 12.7. The van der Waals surface area contributed by atoms with Crippen molar-refractivity contribution in [3.63, 3.8) is 0 Å². The lowest BCUT2D eigenvalue weighted by Crippen LogP contribution is -2.35. The summed E-state index contributed by atoms with van der Waals surface area (Å²) < 4.78 is 0. The minimum absolute atomic E-state index is 0.430. The molecule has 1 spiro atoms. The Bertz CT molecular complexity index is 740. The van der Waals surface area contributed by atoms with Crippen LogP contribution in [0.25, 0.3) is 11.1 Å². The summed E-state index contributed by atoms with van der Waals surface area (Å²) in [6.07, 6.45) is 11.8. The summed E-state index contributed by atoms with van der Waals surface area (Å²) in [4.78, 5) is 0. The third kappa shape index (κ3) is 1.64. The topological polar surface area (TPSA) is 0 Å². The Hall–Kier alpha value is -1.82. The summed E-state index contributed by atoms with van der Waals surface area (Å²) >= 11 is 0. The van der Waals surface area contributed by atoms with E-state index >= 15 is 0 Å². The number of hydrogen-bond donors (Lipinski definition) is 0. The Morgan fingerprint density at radius 3 is 2.59 bits per heavy atom. The van der Waals surface area contributed by atoms with Crippen LogP contribution in [0.5, 0.6) is 0 Å². The normalized spacial score (nSPS) is 31.6. The van der Waals surface area contributed by atoms with Crippen LogP contribution < -0.4 is 0 Å². The largest absolute Gasteiger partial charge is 0.0851 e. The summed E-state index contributed by atoms with van der Waals surface area (Å²) in [5.41, 5.74) is 6.64. The molecule has 1 saturated carbocycles. The van der Waals surface area contributed by atoms with Crippen LogP contribution in [0.4, 0.5) is 0 Å². The predicted molar refractivity (Wildman–Crippen MR) is 91.8 cm³/mol. The maximum atomic E-state index is 2.53. The molecule has 0 amide bonds. The van der Waals surface area contributed by atoms with Crippen molar-refractivity contribution in [1.29, 1.82) is 0 Å². The van der Waals surface area contributed by atoms with Crippen LogP contribution in [0, 0.1) is 11.8 Å². The molecule has 22 heavy (non-hydrogen) atoms. The second kappa shape index (κ2) is 4.59. The van der Waals surface area contributed by atoms with Gasteiger partial charge in [0.25, 0.3) is 0 Å². The zero-order chi connectivity index (χ0) is 14.6. The lowest BCUT2D eigenvalue weighted by atomic mass is 9.61. The van der Waals surface area contributed by atoms with Gasteiger partial charge in [0.2, 0.25) is 0 Å². The van der Waals surface area contributed by atoms with E-state index in [1.54, 1.807) is 11.1 Å². The smallest absolute Gasteiger partial charge is 0.00305 e. The summed E-state index contributed by atoms with van der Waals surface area (Å²) in [5.74, 6) is 1.61. The van der Waals surface area contributed by atoms with Gasteiger partial charge in [-0.15, -0.1) is 0 Å². The molecular weight excluding hydrogens is 264 g/mol. The quantitative estimate of drug-likeness (QED) is 0.605. The highest BCUT2D eigenvalue weighted by Gasteiger charge is 2.51. The zero-order valence-corrected chi connectivity index (χ0v) is 13.0. The molecule has 3 aliphatic rings. The molecule has 3 aliphatic carbocycles. The summed E-state index contributed by atoms with van der Waals surface area (Å²) in [6, 6.07) is 18.0. The van der Waals surface area contributed by atoms with E-state index in [1.165, 1.54) is 43.2 Å². The molecule has 5 rings (SSSR count). The van der Waals surface area contributed by atoms with Crippen LogP contribution in [0.1, 0.15) is 36.8 Å². The second-order valence-corrected chi connectivity index (χ2v) is 7.41. The van der Waals surface area contributed by atoms with Gasteiger partial charge in [-0.05, 0) is 66.2 Å². The fourth-order valence-corrected chi connectivity index (χ4v) is 5.50. The number of rotatable bonds is 1. The van der Waals surface area contributed by atoms with Crippen molar-refractivity contribution in [3.05, 3.63) is 71.8 Å². The molecule has 3 atom stereocenters. The number of allylic oxidation sites excluding steroid dienone is 2. The molecule has 2 bridgehead atoms. The highest BCUT2D eigenvalue weighted by atomic mass is 14.5. The maximum Gasteiger partial charge on any atom is 0.00305 e. The van der Waals surface area contributed by atoms with Crippen molar-refractivity contribution in [2.24, 2.45) is 11.8 Å². The van der Waals surface area contributed by atoms with Gasteiger partial charge < -0.3 is 0 Å². The Labute approximate surface area is 132 Å². The van der Waals surface area contributed by atoms with E-state index in [4.69, 9.17) is 0 Å². The Morgan fingerprint density at radius 2 is 1.82 bits per heavy atom. The zero-order valence-electron chi connectivity index (χ0n) is 13.0. The minimum atomic E-state index is 0.430. The van der Waals surface area contributed by atoms with Gasteiger partial charge in [-0.25, -0.2) is 0 Å². The molecular formula is C22H22. The van der Waals surface area contributed by atoms with Crippen molar-refractivity contribution in [2.45, 2.75) is 37.5 Å². The van der Waals surface area contributed by atoms with Crippen molar-refractivity contribution in [2.75, 3.05) is 0 Å². The standard InChI is InChI=1S/C22H22/c1-2-6-17(7-3-1)20-10-4-8-18-9-5-13-22(21(18)20)15-16-11-12-19(22)14-16/h1-4,6-8,10-12,16,19H,5,9,13-15H2. The molecule has 0 radical (unpaired) electrons. The molecule has 2 aromatic carbocycles. The monoisotopic (exact) mass is 286 g/mol. The lowest BCUT2D eigenvalue weighted by Gasteiger charge is -2.42.